The Balaban J connectivity index is 2.22. The Morgan fingerprint density at radius 3 is 2.21 bits per heavy atom. The fourth-order valence-corrected chi connectivity index (χ4v) is 8.00. The first-order valence-electron chi connectivity index (χ1n) is 10.3. The zero-order valence-corrected chi connectivity index (χ0v) is 21.9. The summed E-state index contributed by atoms with van der Waals surface area (Å²) in [5.74, 6) is -1.34. The van der Waals surface area contributed by atoms with Gasteiger partial charge in [0.2, 0.25) is 0 Å². The van der Waals surface area contributed by atoms with E-state index in [4.69, 9.17) is 0 Å². The number of hydrogen-bond donors (Lipinski definition) is 1. The lowest BCUT2D eigenvalue weighted by Crippen LogP contribution is -2.23. The van der Waals surface area contributed by atoms with Crippen molar-refractivity contribution in [2.24, 2.45) is 5.10 Å². The SMILES string of the molecule is CCCS(=O)(=O)c1c(S(=O)(=O)CCC)c2ccccn2c1C(=O)N/N=C\c1ccccc1I. The summed E-state index contributed by atoms with van der Waals surface area (Å²) in [5.41, 5.74) is 3.01. The summed E-state index contributed by atoms with van der Waals surface area (Å²) in [6, 6.07) is 12.1. The van der Waals surface area contributed by atoms with Gasteiger partial charge in [-0.05, 0) is 53.6 Å². The van der Waals surface area contributed by atoms with Crippen LogP contribution in [0.1, 0.15) is 42.7 Å². The molecule has 0 aliphatic heterocycles. The van der Waals surface area contributed by atoms with Gasteiger partial charge < -0.3 is 4.40 Å². The number of pyridine rings is 1. The number of hydrazone groups is 1. The zero-order valence-electron chi connectivity index (χ0n) is 18.2. The van der Waals surface area contributed by atoms with Crippen molar-refractivity contribution in [1.29, 1.82) is 0 Å². The molecule has 1 N–H and O–H groups in total. The van der Waals surface area contributed by atoms with Crippen molar-refractivity contribution < 1.29 is 21.6 Å². The summed E-state index contributed by atoms with van der Waals surface area (Å²) in [6.07, 6.45) is 3.50. The lowest BCUT2D eigenvalue weighted by Gasteiger charge is -2.08. The van der Waals surface area contributed by atoms with Gasteiger partial charge in [-0.1, -0.05) is 38.1 Å². The third kappa shape index (κ3) is 5.30. The molecule has 0 spiro atoms. The van der Waals surface area contributed by atoms with Crippen LogP contribution in [0.15, 0.2) is 63.6 Å². The molecule has 1 amide bonds. The van der Waals surface area contributed by atoms with Crippen LogP contribution in [0.25, 0.3) is 5.52 Å². The summed E-state index contributed by atoms with van der Waals surface area (Å²) in [6.45, 7) is 3.38. The number of aromatic nitrogens is 1. The van der Waals surface area contributed by atoms with E-state index in [1.165, 1.54) is 22.9 Å². The highest BCUT2D eigenvalue weighted by Gasteiger charge is 2.36. The van der Waals surface area contributed by atoms with Gasteiger partial charge in [0.1, 0.15) is 15.5 Å². The van der Waals surface area contributed by atoms with Crippen LogP contribution in [0.4, 0.5) is 0 Å². The number of amides is 1. The van der Waals surface area contributed by atoms with Crippen molar-refractivity contribution >= 4 is 59.9 Å². The molecule has 0 unspecified atom stereocenters. The summed E-state index contributed by atoms with van der Waals surface area (Å²) < 4.78 is 55.0. The number of carbonyl (C=O) groups is 1. The lowest BCUT2D eigenvalue weighted by atomic mass is 10.2. The molecule has 176 valence electrons. The second-order valence-electron chi connectivity index (χ2n) is 7.32. The molecule has 0 atom stereocenters. The molecule has 0 aliphatic carbocycles. The topological polar surface area (TPSA) is 114 Å². The molecule has 0 saturated carbocycles. The highest BCUT2D eigenvalue weighted by Crippen LogP contribution is 2.34. The Morgan fingerprint density at radius 2 is 1.58 bits per heavy atom. The minimum atomic E-state index is -4.08. The molecule has 33 heavy (non-hydrogen) atoms. The first-order chi connectivity index (χ1) is 15.6. The molecular weight excluding hydrogens is 577 g/mol. The van der Waals surface area contributed by atoms with Crippen LogP contribution in [0, 0.1) is 3.57 Å². The standard InChI is InChI=1S/C22H24IN3O5S2/c1-3-13-32(28,29)20-18-11-7-8-12-26(18)19(21(20)33(30,31)14-4-2)22(27)25-24-15-16-9-5-6-10-17(16)23/h5-12,15H,3-4,13-14H2,1-2H3,(H,25,27)/b24-15-. The molecule has 8 nitrogen and oxygen atoms in total. The molecule has 0 aliphatic rings. The number of nitrogens with zero attached hydrogens (tertiary/aromatic N) is 2. The number of rotatable bonds is 9. The average molecular weight is 601 g/mol. The van der Waals surface area contributed by atoms with Gasteiger partial charge >= 0.3 is 0 Å². The molecule has 0 radical (unpaired) electrons. The average Bonchev–Trinajstić information content (AvgIpc) is 3.12. The van der Waals surface area contributed by atoms with Crippen molar-refractivity contribution in [1.82, 2.24) is 9.83 Å². The van der Waals surface area contributed by atoms with Crippen LogP contribution in [-0.4, -0.2) is 44.9 Å². The Labute approximate surface area is 207 Å². The maximum absolute atomic E-state index is 13.2. The summed E-state index contributed by atoms with van der Waals surface area (Å²) in [5, 5.41) is 3.98. The highest BCUT2D eigenvalue weighted by atomic mass is 127. The van der Waals surface area contributed by atoms with E-state index < -0.39 is 30.5 Å². The van der Waals surface area contributed by atoms with Gasteiger partial charge in [-0.25, -0.2) is 22.3 Å². The number of hydrogen-bond acceptors (Lipinski definition) is 6. The number of sulfone groups is 2. The second kappa shape index (κ2) is 10.3. The van der Waals surface area contributed by atoms with Crippen LogP contribution in [0.5, 0.6) is 0 Å². The zero-order chi connectivity index (χ0) is 24.2. The molecule has 0 bridgehead atoms. The number of halogens is 1. The third-order valence-electron chi connectivity index (χ3n) is 4.81. The summed E-state index contributed by atoms with van der Waals surface area (Å²) in [4.78, 5) is 12.4. The Morgan fingerprint density at radius 1 is 0.970 bits per heavy atom. The Kier molecular flexibility index (Phi) is 7.96. The highest BCUT2D eigenvalue weighted by molar-refractivity contribution is 14.1. The number of fused-ring (bicyclic) bond motifs is 1. The molecule has 2 heterocycles. The van der Waals surface area contributed by atoms with Crippen LogP contribution in [-0.2, 0) is 19.7 Å². The van der Waals surface area contributed by atoms with E-state index in [9.17, 15) is 21.6 Å². The van der Waals surface area contributed by atoms with Crippen molar-refractivity contribution in [3.63, 3.8) is 0 Å². The van der Waals surface area contributed by atoms with Crippen molar-refractivity contribution in [2.45, 2.75) is 36.5 Å². The van der Waals surface area contributed by atoms with Crippen molar-refractivity contribution in [3.05, 3.63) is 63.5 Å². The largest absolute Gasteiger partial charge is 0.310 e. The van der Waals surface area contributed by atoms with Crippen LogP contribution in [0.2, 0.25) is 0 Å². The molecule has 2 aromatic heterocycles. The fourth-order valence-electron chi connectivity index (χ4n) is 3.49. The second-order valence-corrected chi connectivity index (χ2v) is 12.6. The van der Waals surface area contributed by atoms with Gasteiger partial charge in [0.05, 0.1) is 23.2 Å². The molecule has 11 heteroatoms. The molecule has 3 aromatic rings. The van der Waals surface area contributed by atoms with Crippen molar-refractivity contribution in [3.8, 4) is 0 Å². The maximum Gasteiger partial charge on any atom is 0.289 e. The number of carbonyl (C=O) groups excluding carboxylic acids is 1. The molecular formula is C22H24IN3O5S2. The minimum Gasteiger partial charge on any atom is -0.310 e. The van der Waals surface area contributed by atoms with Crippen LogP contribution < -0.4 is 5.43 Å². The van der Waals surface area contributed by atoms with E-state index >= 15 is 0 Å². The lowest BCUT2D eigenvalue weighted by molar-refractivity contribution is 0.0945. The van der Waals surface area contributed by atoms with E-state index in [1.54, 1.807) is 26.0 Å². The predicted molar refractivity (Wildman–Crippen MR) is 136 cm³/mol. The molecule has 3 rings (SSSR count). The molecule has 1 aromatic carbocycles. The van der Waals surface area contributed by atoms with E-state index in [2.05, 4.69) is 33.1 Å². The van der Waals surface area contributed by atoms with Gasteiger partial charge in [0, 0.05) is 15.3 Å². The first kappa shape index (κ1) is 25.4. The maximum atomic E-state index is 13.2. The first-order valence-corrected chi connectivity index (χ1v) is 14.7. The number of nitrogens with one attached hydrogen (secondary N) is 1. The summed E-state index contributed by atoms with van der Waals surface area (Å²) >= 11 is 2.13. The third-order valence-corrected chi connectivity index (χ3v) is 9.87. The fraction of sp³-hybridized carbons (Fsp3) is 0.273. The van der Waals surface area contributed by atoms with E-state index in [-0.39, 0.29) is 34.0 Å². The van der Waals surface area contributed by atoms with E-state index in [0.717, 1.165) is 9.13 Å². The van der Waals surface area contributed by atoms with E-state index in [1.807, 2.05) is 24.3 Å². The normalized spacial score (nSPS) is 12.5. The monoisotopic (exact) mass is 601 g/mol. The summed E-state index contributed by atoms with van der Waals surface area (Å²) in [7, 11) is -8.05. The van der Waals surface area contributed by atoms with E-state index in [0.29, 0.717) is 6.42 Å². The number of benzene rings is 1. The van der Waals surface area contributed by atoms with Gasteiger partial charge in [-0.2, -0.15) is 5.10 Å². The molecule has 0 saturated heterocycles. The van der Waals surface area contributed by atoms with Crippen molar-refractivity contribution in [2.75, 3.05) is 11.5 Å². The Bertz CT molecular complexity index is 1430. The van der Waals surface area contributed by atoms with Gasteiger partial charge in [-0.15, -0.1) is 0 Å². The quantitative estimate of drug-likeness (QED) is 0.229. The predicted octanol–water partition coefficient (Wildman–Crippen LogP) is 3.68. The van der Waals surface area contributed by atoms with Gasteiger partial charge in [0.25, 0.3) is 5.91 Å². The molecule has 0 fully saturated rings. The van der Waals surface area contributed by atoms with Crippen LogP contribution in [0.3, 0.4) is 0 Å². The minimum absolute atomic E-state index is 0.146. The Hall–Kier alpha value is -2.25. The smallest absolute Gasteiger partial charge is 0.289 e. The van der Waals surface area contributed by atoms with Crippen LogP contribution >= 0.6 is 22.6 Å². The van der Waals surface area contributed by atoms with Gasteiger partial charge in [0.15, 0.2) is 19.7 Å². The van der Waals surface area contributed by atoms with Gasteiger partial charge in [-0.3, -0.25) is 4.79 Å².